The molecule has 0 aliphatic heterocycles. The maximum atomic E-state index is 11.8. The van der Waals surface area contributed by atoms with Crippen LogP contribution in [0.5, 0.6) is 5.75 Å². The van der Waals surface area contributed by atoms with Crippen molar-refractivity contribution in [1.82, 2.24) is 0 Å². The standard InChI is InChI=1S/C15H15N3O2/c1-20-13-7-3-5-11(9-13)10-4-2-6-12(8-10)14(19)18-15(16)17/h2-9H,1H3,(H4,16,17,18,19). The van der Waals surface area contributed by atoms with E-state index >= 15 is 0 Å². The van der Waals surface area contributed by atoms with E-state index in [1.807, 2.05) is 30.3 Å². The summed E-state index contributed by atoms with van der Waals surface area (Å²) in [5.74, 6) is 0.0417. The zero-order chi connectivity index (χ0) is 14.5. The number of hydrogen-bond donors (Lipinski definition) is 2. The van der Waals surface area contributed by atoms with Crippen LogP contribution in [-0.2, 0) is 0 Å². The molecule has 0 aromatic heterocycles. The van der Waals surface area contributed by atoms with Crippen molar-refractivity contribution in [3.8, 4) is 16.9 Å². The first-order chi connectivity index (χ1) is 9.60. The van der Waals surface area contributed by atoms with E-state index in [0.717, 1.165) is 16.9 Å². The summed E-state index contributed by atoms with van der Waals surface area (Å²) in [6.07, 6.45) is 0. The van der Waals surface area contributed by atoms with E-state index in [-0.39, 0.29) is 5.96 Å². The zero-order valence-electron chi connectivity index (χ0n) is 11.0. The number of guanidine groups is 1. The van der Waals surface area contributed by atoms with Gasteiger partial charge in [0.2, 0.25) is 0 Å². The van der Waals surface area contributed by atoms with Crippen molar-refractivity contribution in [2.75, 3.05) is 7.11 Å². The summed E-state index contributed by atoms with van der Waals surface area (Å²) in [5.41, 5.74) is 12.7. The van der Waals surface area contributed by atoms with E-state index in [2.05, 4.69) is 4.99 Å². The van der Waals surface area contributed by atoms with E-state index in [1.165, 1.54) is 0 Å². The van der Waals surface area contributed by atoms with Gasteiger partial charge in [0.15, 0.2) is 5.96 Å². The summed E-state index contributed by atoms with van der Waals surface area (Å²) in [4.78, 5) is 15.3. The van der Waals surface area contributed by atoms with E-state index in [0.29, 0.717) is 5.56 Å². The topological polar surface area (TPSA) is 90.7 Å². The SMILES string of the molecule is COc1cccc(-c2cccc(C(=O)N=C(N)N)c2)c1. The second-order valence-electron chi connectivity index (χ2n) is 4.15. The highest BCUT2D eigenvalue weighted by Gasteiger charge is 2.07. The number of rotatable bonds is 3. The zero-order valence-corrected chi connectivity index (χ0v) is 11.0. The van der Waals surface area contributed by atoms with Gasteiger partial charge in [-0.3, -0.25) is 4.79 Å². The molecular formula is C15H15N3O2. The van der Waals surface area contributed by atoms with Gasteiger partial charge in [-0.15, -0.1) is 0 Å². The number of ether oxygens (including phenoxy) is 1. The monoisotopic (exact) mass is 269 g/mol. The van der Waals surface area contributed by atoms with Crippen LogP contribution in [0, 0.1) is 0 Å². The fraction of sp³-hybridized carbons (Fsp3) is 0.0667. The van der Waals surface area contributed by atoms with Gasteiger partial charge in [-0.2, -0.15) is 4.99 Å². The molecule has 0 saturated carbocycles. The number of carbonyl (C=O) groups is 1. The predicted octanol–water partition coefficient (Wildman–Crippen LogP) is 1.78. The van der Waals surface area contributed by atoms with Crippen molar-refractivity contribution in [2.45, 2.75) is 0 Å². The predicted molar refractivity (Wildman–Crippen MR) is 78.6 cm³/mol. The molecule has 0 unspecified atom stereocenters. The second-order valence-corrected chi connectivity index (χ2v) is 4.15. The number of carbonyl (C=O) groups excluding carboxylic acids is 1. The van der Waals surface area contributed by atoms with Gasteiger partial charge in [-0.25, -0.2) is 0 Å². The number of nitrogens with zero attached hydrogens (tertiary/aromatic N) is 1. The lowest BCUT2D eigenvalue weighted by Gasteiger charge is -2.06. The van der Waals surface area contributed by atoms with Crippen molar-refractivity contribution >= 4 is 11.9 Å². The number of benzene rings is 2. The Hall–Kier alpha value is -2.82. The molecule has 0 radical (unpaired) electrons. The van der Waals surface area contributed by atoms with E-state index in [4.69, 9.17) is 16.2 Å². The number of hydrogen-bond acceptors (Lipinski definition) is 2. The molecule has 0 aliphatic rings. The van der Waals surface area contributed by atoms with Crippen LogP contribution in [0.25, 0.3) is 11.1 Å². The molecule has 0 spiro atoms. The van der Waals surface area contributed by atoms with Crippen molar-refractivity contribution in [2.24, 2.45) is 16.5 Å². The maximum Gasteiger partial charge on any atom is 0.280 e. The minimum Gasteiger partial charge on any atom is -0.497 e. The molecule has 5 heteroatoms. The molecule has 1 amide bonds. The summed E-state index contributed by atoms with van der Waals surface area (Å²) in [6.45, 7) is 0. The average Bonchev–Trinajstić information content (AvgIpc) is 2.47. The van der Waals surface area contributed by atoms with Gasteiger partial charge in [0.05, 0.1) is 7.11 Å². The minimum atomic E-state index is -0.463. The minimum absolute atomic E-state index is 0.248. The molecule has 0 atom stereocenters. The van der Waals surface area contributed by atoms with Crippen LogP contribution in [0.4, 0.5) is 0 Å². The second kappa shape index (κ2) is 5.88. The number of nitrogens with two attached hydrogens (primary N) is 2. The van der Waals surface area contributed by atoms with Gasteiger partial charge in [0, 0.05) is 5.56 Å². The Morgan fingerprint density at radius 2 is 1.70 bits per heavy atom. The highest BCUT2D eigenvalue weighted by Crippen LogP contribution is 2.24. The molecule has 102 valence electrons. The van der Waals surface area contributed by atoms with Crippen LogP contribution in [0.2, 0.25) is 0 Å². The Bertz CT molecular complexity index is 662. The Morgan fingerprint density at radius 3 is 2.35 bits per heavy atom. The van der Waals surface area contributed by atoms with Crippen LogP contribution in [0.15, 0.2) is 53.5 Å². The smallest absolute Gasteiger partial charge is 0.280 e. The first kappa shape index (κ1) is 13.6. The normalized spacial score (nSPS) is 9.85. The summed E-state index contributed by atoms with van der Waals surface area (Å²) < 4.78 is 5.18. The van der Waals surface area contributed by atoms with Crippen molar-refractivity contribution < 1.29 is 9.53 Å². The van der Waals surface area contributed by atoms with Gasteiger partial charge in [0.1, 0.15) is 5.75 Å². The highest BCUT2D eigenvalue weighted by molar-refractivity contribution is 6.02. The summed E-state index contributed by atoms with van der Waals surface area (Å²) >= 11 is 0. The van der Waals surface area contributed by atoms with Gasteiger partial charge < -0.3 is 16.2 Å². The molecule has 2 aromatic rings. The summed E-state index contributed by atoms with van der Waals surface area (Å²) in [6, 6.07) is 14.7. The molecule has 4 N–H and O–H groups in total. The van der Waals surface area contributed by atoms with Crippen LogP contribution in [0.3, 0.4) is 0 Å². The Labute approximate surface area is 116 Å². The first-order valence-electron chi connectivity index (χ1n) is 5.98. The summed E-state index contributed by atoms with van der Waals surface area (Å²) in [5, 5.41) is 0. The largest absolute Gasteiger partial charge is 0.497 e. The lowest BCUT2D eigenvalue weighted by Crippen LogP contribution is -2.24. The number of amides is 1. The van der Waals surface area contributed by atoms with E-state index in [1.54, 1.807) is 25.3 Å². The van der Waals surface area contributed by atoms with E-state index < -0.39 is 5.91 Å². The third-order valence-corrected chi connectivity index (χ3v) is 2.74. The molecule has 0 heterocycles. The van der Waals surface area contributed by atoms with Gasteiger partial charge in [0.25, 0.3) is 5.91 Å². The molecule has 0 saturated heterocycles. The average molecular weight is 269 g/mol. The van der Waals surface area contributed by atoms with Crippen molar-refractivity contribution in [1.29, 1.82) is 0 Å². The Morgan fingerprint density at radius 1 is 1.05 bits per heavy atom. The molecule has 20 heavy (non-hydrogen) atoms. The Kier molecular flexibility index (Phi) is 4.00. The first-order valence-corrected chi connectivity index (χ1v) is 5.98. The van der Waals surface area contributed by atoms with Gasteiger partial charge in [-0.1, -0.05) is 24.3 Å². The third-order valence-electron chi connectivity index (χ3n) is 2.74. The van der Waals surface area contributed by atoms with Gasteiger partial charge in [-0.05, 0) is 35.4 Å². The van der Waals surface area contributed by atoms with E-state index in [9.17, 15) is 4.79 Å². The molecular weight excluding hydrogens is 254 g/mol. The van der Waals surface area contributed by atoms with Crippen LogP contribution in [0.1, 0.15) is 10.4 Å². The lowest BCUT2D eigenvalue weighted by atomic mass is 10.0. The van der Waals surface area contributed by atoms with Crippen LogP contribution < -0.4 is 16.2 Å². The highest BCUT2D eigenvalue weighted by atomic mass is 16.5. The fourth-order valence-electron chi connectivity index (χ4n) is 1.82. The van der Waals surface area contributed by atoms with Crippen LogP contribution >= 0.6 is 0 Å². The van der Waals surface area contributed by atoms with Crippen molar-refractivity contribution in [3.63, 3.8) is 0 Å². The van der Waals surface area contributed by atoms with Crippen molar-refractivity contribution in [3.05, 3.63) is 54.1 Å². The quantitative estimate of drug-likeness (QED) is 0.656. The van der Waals surface area contributed by atoms with Gasteiger partial charge >= 0.3 is 0 Å². The molecule has 2 aromatic carbocycles. The number of methoxy groups -OCH3 is 1. The number of aliphatic imine (C=N–C) groups is 1. The molecule has 5 nitrogen and oxygen atoms in total. The fourth-order valence-corrected chi connectivity index (χ4v) is 1.82. The lowest BCUT2D eigenvalue weighted by molar-refractivity contribution is 0.100. The Balaban J connectivity index is 2.39. The maximum absolute atomic E-state index is 11.8. The molecule has 0 aliphatic carbocycles. The summed E-state index contributed by atoms with van der Waals surface area (Å²) in [7, 11) is 1.61. The molecule has 0 bridgehead atoms. The third kappa shape index (κ3) is 3.14. The molecule has 0 fully saturated rings. The van der Waals surface area contributed by atoms with Crippen LogP contribution in [-0.4, -0.2) is 19.0 Å². The molecule has 2 rings (SSSR count).